The first kappa shape index (κ1) is 11.9. The summed E-state index contributed by atoms with van der Waals surface area (Å²) in [6.07, 6.45) is 9.15. The van der Waals surface area contributed by atoms with E-state index in [2.05, 4.69) is 45.6 Å². The van der Waals surface area contributed by atoms with Gasteiger partial charge in [-0.1, -0.05) is 6.07 Å². The van der Waals surface area contributed by atoms with E-state index in [4.69, 9.17) is 0 Å². The van der Waals surface area contributed by atoms with Gasteiger partial charge in [-0.25, -0.2) is 4.98 Å². The molecule has 2 heterocycles. The average Bonchev–Trinajstić information content (AvgIpc) is 3.09. The van der Waals surface area contributed by atoms with E-state index in [-0.39, 0.29) is 0 Å². The van der Waals surface area contributed by atoms with Crippen molar-refractivity contribution in [1.82, 2.24) is 14.9 Å². The van der Waals surface area contributed by atoms with Gasteiger partial charge < -0.3 is 9.88 Å². The van der Waals surface area contributed by atoms with E-state index in [1.807, 2.05) is 6.20 Å². The zero-order valence-electron chi connectivity index (χ0n) is 10.7. The monoisotopic (exact) mass is 261 g/mol. The molecule has 1 N–H and O–H groups in total. The van der Waals surface area contributed by atoms with Crippen LogP contribution in [0.15, 0.2) is 29.9 Å². The lowest BCUT2D eigenvalue weighted by Crippen LogP contribution is -2.32. The molecule has 3 rings (SSSR count). The molecule has 0 aliphatic heterocycles. The summed E-state index contributed by atoms with van der Waals surface area (Å²) in [6, 6.07) is 5.50. The summed E-state index contributed by atoms with van der Waals surface area (Å²) < 4.78 is 2.37. The third-order valence-corrected chi connectivity index (χ3v) is 4.72. The minimum Gasteiger partial charge on any atom is -0.327 e. The van der Waals surface area contributed by atoms with Crippen molar-refractivity contribution in [3.8, 4) is 10.7 Å². The fourth-order valence-electron chi connectivity index (χ4n) is 2.88. The number of hydrogen-bond donors (Lipinski definition) is 1. The van der Waals surface area contributed by atoms with E-state index in [1.165, 1.54) is 30.6 Å². The molecular formula is C14H19N3S. The van der Waals surface area contributed by atoms with Gasteiger partial charge in [-0.05, 0) is 44.2 Å². The minimum atomic E-state index is 0.593. The third kappa shape index (κ3) is 2.22. The molecule has 0 radical (unpaired) electrons. The first-order chi connectivity index (χ1) is 8.88. The van der Waals surface area contributed by atoms with Crippen molar-refractivity contribution in [1.29, 1.82) is 0 Å². The maximum absolute atomic E-state index is 4.54. The fourth-order valence-corrected chi connectivity index (χ4v) is 3.61. The summed E-state index contributed by atoms with van der Waals surface area (Å²) in [5.74, 6) is 1.13. The number of nitrogens with zero attached hydrogens (tertiary/aromatic N) is 2. The standard InChI is InChI=1S/C14H19N3S/c1-15-11-4-2-5-12(10-11)17-8-7-16-14(17)13-6-3-9-18-13/h3,6-9,11-12,15H,2,4-5,10H2,1H3. The second-order valence-electron chi connectivity index (χ2n) is 4.94. The van der Waals surface area contributed by atoms with Gasteiger partial charge in [0.15, 0.2) is 0 Å². The molecule has 96 valence electrons. The molecule has 18 heavy (non-hydrogen) atoms. The van der Waals surface area contributed by atoms with Crippen LogP contribution in [-0.2, 0) is 0 Å². The highest BCUT2D eigenvalue weighted by molar-refractivity contribution is 7.13. The quantitative estimate of drug-likeness (QED) is 0.918. The molecule has 2 aromatic rings. The molecule has 2 aromatic heterocycles. The van der Waals surface area contributed by atoms with E-state index in [0.29, 0.717) is 12.1 Å². The van der Waals surface area contributed by atoms with Gasteiger partial charge in [0.1, 0.15) is 5.82 Å². The highest BCUT2D eigenvalue weighted by Crippen LogP contribution is 2.33. The van der Waals surface area contributed by atoms with Crippen LogP contribution in [0.2, 0.25) is 0 Å². The Balaban J connectivity index is 1.86. The Kier molecular flexibility index (Phi) is 3.48. The first-order valence-electron chi connectivity index (χ1n) is 6.62. The summed E-state index contributed by atoms with van der Waals surface area (Å²) in [6.45, 7) is 0. The SMILES string of the molecule is CNC1CCCC(n2ccnc2-c2cccs2)C1. The van der Waals surface area contributed by atoms with Gasteiger partial charge in [0.05, 0.1) is 4.88 Å². The zero-order chi connectivity index (χ0) is 12.4. The van der Waals surface area contributed by atoms with E-state index < -0.39 is 0 Å². The number of thiophene rings is 1. The van der Waals surface area contributed by atoms with Crippen LogP contribution in [0.4, 0.5) is 0 Å². The Labute approximate surface area is 112 Å². The summed E-state index contributed by atoms with van der Waals surface area (Å²) in [5, 5.41) is 5.54. The van der Waals surface area contributed by atoms with Gasteiger partial charge >= 0.3 is 0 Å². The Morgan fingerprint density at radius 3 is 3.17 bits per heavy atom. The Morgan fingerprint density at radius 2 is 2.39 bits per heavy atom. The van der Waals surface area contributed by atoms with Crippen LogP contribution in [0.5, 0.6) is 0 Å². The Morgan fingerprint density at radius 1 is 1.44 bits per heavy atom. The molecule has 1 aliphatic carbocycles. The second kappa shape index (κ2) is 5.24. The molecule has 1 fully saturated rings. The number of aromatic nitrogens is 2. The topological polar surface area (TPSA) is 29.9 Å². The van der Waals surface area contributed by atoms with Gasteiger partial charge in [-0.15, -0.1) is 11.3 Å². The smallest absolute Gasteiger partial charge is 0.150 e. The summed E-state index contributed by atoms with van der Waals surface area (Å²) in [5.41, 5.74) is 0. The Hall–Kier alpha value is -1.13. The predicted octanol–water partition coefficient (Wildman–Crippen LogP) is 3.31. The lowest BCUT2D eigenvalue weighted by Gasteiger charge is -2.30. The van der Waals surface area contributed by atoms with E-state index in [0.717, 1.165) is 5.82 Å². The number of nitrogens with one attached hydrogen (secondary N) is 1. The van der Waals surface area contributed by atoms with Crippen molar-refractivity contribution in [3.63, 3.8) is 0 Å². The van der Waals surface area contributed by atoms with Crippen LogP contribution in [0.1, 0.15) is 31.7 Å². The molecule has 2 unspecified atom stereocenters. The second-order valence-corrected chi connectivity index (χ2v) is 5.89. The highest BCUT2D eigenvalue weighted by Gasteiger charge is 2.24. The normalized spacial score (nSPS) is 24.3. The van der Waals surface area contributed by atoms with Crippen molar-refractivity contribution in [2.45, 2.75) is 37.8 Å². The first-order valence-corrected chi connectivity index (χ1v) is 7.50. The lowest BCUT2D eigenvalue weighted by molar-refractivity contribution is 0.296. The van der Waals surface area contributed by atoms with Crippen LogP contribution >= 0.6 is 11.3 Å². The van der Waals surface area contributed by atoms with Crippen molar-refractivity contribution in [2.24, 2.45) is 0 Å². The molecule has 1 aliphatic rings. The van der Waals surface area contributed by atoms with Gasteiger partial charge in [0.2, 0.25) is 0 Å². The van der Waals surface area contributed by atoms with E-state index >= 15 is 0 Å². The minimum absolute atomic E-state index is 0.593. The molecule has 0 spiro atoms. The summed E-state index contributed by atoms with van der Waals surface area (Å²) in [7, 11) is 2.07. The number of imidazole rings is 1. The molecule has 0 saturated heterocycles. The van der Waals surface area contributed by atoms with Crippen LogP contribution in [0.25, 0.3) is 10.7 Å². The molecule has 2 atom stereocenters. The van der Waals surface area contributed by atoms with E-state index in [9.17, 15) is 0 Å². The highest BCUT2D eigenvalue weighted by atomic mass is 32.1. The molecule has 0 aromatic carbocycles. The third-order valence-electron chi connectivity index (χ3n) is 3.86. The number of hydrogen-bond acceptors (Lipinski definition) is 3. The molecule has 0 bridgehead atoms. The molecule has 4 heteroatoms. The largest absolute Gasteiger partial charge is 0.327 e. The zero-order valence-corrected chi connectivity index (χ0v) is 11.5. The summed E-state index contributed by atoms with van der Waals surface area (Å²) >= 11 is 1.77. The van der Waals surface area contributed by atoms with Crippen LogP contribution in [-0.4, -0.2) is 22.6 Å². The van der Waals surface area contributed by atoms with Gasteiger partial charge in [0, 0.05) is 24.5 Å². The van der Waals surface area contributed by atoms with Crippen molar-refractivity contribution in [2.75, 3.05) is 7.05 Å². The maximum atomic E-state index is 4.54. The van der Waals surface area contributed by atoms with Crippen LogP contribution in [0.3, 0.4) is 0 Å². The van der Waals surface area contributed by atoms with Gasteiger partial charge in [-0.3, -0.25) is 0 Å². The lowest BCUT2D eigenvalue weighted by atomic mass is 9.91. The van der Waals surface area contributed by atoms with Crippen molar-refractivity contribution in [3.05, 3.63) is 29.9 Å². The molecule has 0 amide bonds. The van der Waals surface area contributed by atoms with Gasteiger partial charge in [-0.2, -0.15) is 0 Å². The number of rotatable bonds is 3. The molecule has 3 nitrogen and oxygen atoms in total. The predicted molar refractivity (Wildman–Crippen MR) is 75.9 cm³/mol. The fraction of sp³-hybridized carbons (Fsp3) is 0.500. The van der Waals surface area contributed by atoms with Gasteiger partial charge in [0.25, 0.3) is 0 Å². The molecule has 1 saturated carbocycles. The average molecular weight is 261 g/mol. The van der Waals surface area contributed by atoms with E-state index in [1.54, 1.807) is 11.3 Å². The summed E-state index contributed by atoms with van der Waals surface area (Å²) in [4.78, 5) is 5.81. The van der Waals surface area contributed by atoms with Crippen LogP contribution < -0.4 is 5.32 Å². The maximum Gasteiger partial charge on any atom is 0.150 e. The van der Waals surface area contributed by atoms with Crippen molar-refractivity contribution < 1.29 is 0 Å². The Bertz CT molecular complexity index is 489. The van der Waals surface area contributed by atoms with Crippen LogP contribution in [0, 0.1) is 0 Å². The van der Waals surface area contributed by atoms with Crippen molar-refractivity contribution >= 4 is 11.3 Å². The molecular weight excluding hydrogens is 242 g/mol.